The molecule has 0 saturated carbocycles. The van der Waals surface area contributed by atoms with Gasteiger partial charge in [0.2, 0.25) is 5.91 Å². The van der Waals surface area contributed by atoms with Crippen LogP contribution in [-0.4, -0.2) is 17.9 Å². The third-order valence-electron chi connectivity index (χ3n) is 3.99. The number of rotatable bonds is 2. The van der Waals surface area contributed by atoms with Gasteiger partial charge in [-0.1, -0.05) is 6.07 Å². The number of benzene rings is 1. The maximum absolute atomic E-state index is 11.8. The summed E-state index contributed by atoms with van der Waals surface area (Å²) in [6, 6.07) is 8.04. The van der Waals surface area contributed by atoms with E-state index in [2.05, 4.69) is 13.0 Å². The van der Waals surface area contributed by atoms with Gasteiger partial charge in [0.25, 0.3) is 0 Å². The van der Waals surface area contributed by atoms with Gasteiger partial charge in [0.1, 0.15) is 11.3 Å². The molecule has 0 spiro atoms. The van der Waals surface area contributed by atoms with Gasteiger partial charge in [-0.2, -0.15) is 0 Å². The highest BCUT2D eigenvalue weighted by molar-refractivity contribution is 7.15. The quantitative estimate of drug-likeness (QED) is 0.721. The minimum atomic E-state index is 0.140. The van der Waals surface area contributed by atoms with E-state index in [9.17, 15) is 4.79 Å². The number of hydrogen-bond acceptors (Lipinski definition) is 4. The van der Waals surface area contributed by atoms with Gasteiger partial charge in [0, 0.05) is 28.7 Å². The van der Waals surface area contributed by atoms with Crippen molar-refractivity contribution in [3.05, 3.63) is 47.2 Å². The zero-order valence-corrected chi connectivity index (χ0v) is 13.1. The van der Waals surface area contributed by atoms with Crippen LogP contribution in [0.15, 0.2) is 41.2 Å². The van der Waals surface area contributed by atoms with Crippen LogP contribution < -0.4 is 4.90 Å². The lowest BCUT2D eigenvalue weighted by molar-refractivity contribution is -0.117. The van der Waals surface area contributed by atoms with E-state index in [0.717, 1.165) is 38.0 Å². The Kier molecular flexibility index (Phi) is 2.90. The molecule has 0 bridgehead atoms. The van der Waals surface area contributed by atoms with Crippen molar-refractivity contribution in [3.8, 4) is 21.8 Å². The number of fused-ring (bicyclic) bond motifs is 1. The molecular weight excluding hydrogens is 296 g/mol. The van der Waals surface area contributed by atoms with Crippen LogP contribution in [0.1, 0.15) is 10.4 Å². The summed E-state index contributed by atoms with van der Waals surface area (Å²) in [6.07, 6.45) is 3.83. The van der Waals surface area contributed by atoms with E-state index in [0.29, 0.717) is 6.42 Å². The molecule has 1 aliphatic heterocycles. The molecule has 22 heavy (non-hydrogen) atoms. The fourth-order valence-electron chi connectivity index (χ4n) is 2.79. The first kappa shape index (κ1) is 13.3. The zero-order chi connectivity index (χ0) is 15.3. The van der Waals surface area contributed by atoms with Gasteiger partial charge >= 0.3 is 0 Å². The second-order valence-electron chi connectivity index (χ2n) is 5.41. The molecule has 3 heterocycles. The van der Waals surface area contributed by atoms with Crippen LogP contribution in [0, 0.1) is 6.92 Å². The first-order valence-corrected chi connectivity index (χ1v) is 7.85. The van der Waals surface area contributed by atoms with Crippen molar-refractivity contribution in [2.45, 2.75) is 13.3 Å². The summed E-state index contributed by atoms with van der Waals surface area (Å²) in [5.74, 6) is 0.140. The molecule has 0 saturated heterocycles. The number of carbonyl (C=O) groups excluding carboxylic acids is 1. The van der Waals surface area contributed by atoms with Crippen LogP contribution >= 0.6 is 11.3 Å². The fraction of sp³-hybridized carbons (Fsp3) is 0.176. The van der Waals surface area contributed by atoms with Gasteiger partial charge in [0.15, 0.2) is 0 Å². The predicted octanol–water partition coefficient (Wildman–Crippen LogP) is 3.90. The van der Waals surface area contributed by atoms with Gasteiger partial charge < -0.3 is 9.32 Å². The Morgan fingerprint density at radius 2 is 2.14 bits per heavy atom. The molecule has 4 rings (SSSR count). The summed E-state index contributed by atoms with van der Waals surface area (Å²) in [5.41, 5.74) is 5.10. The summed E-state index contributed by atoms with van der Waals surface area (Å²) in [6.45, 7) is 2.07. The molecule has 1 aliphatic rings. The Hall–Kier alpha value is -2.40. The average Bonchev–Trinajstić information content (AvgIpc) is 3.20. The number of aryl methyl sites for hydroxylation is 1. The van der Waals surface area contributed by atoms with Gasteiger partial charge in [-0.25, -0.2) is 4.98 Å². The lowest BCUT2D eigenvalue weighted by Crippen LogP contribution is -2.20. The van der Waals surface area contributed by atoms with Gasteiger partial charge in [0.05, 0.1) is 18.4 Å². The van der Waals surface area contributed by atoms with E-state index >= 15 is 0 Å². The van der Waals surface area contributed by atoms with Crippen molar-refractivity contribution in [1.82, 2.24) is 4.98 Å². The smallest absolute Gasteiger partial charge is 0.231 e. The third kappa shape index (κ3) is 1.97. The number of amides is 1. The van der Waals surface area contributed by atoms with E-state index in [-0.39, 0.29) is 5.91 Å². The van der Waals surface area contributed by atoms with Crippen LogP contribution in [-0.2, 0) is 11.2 Å². The number of thiazole rings is 1. The first-order valence-electron chi connectivity index (χ1n) is 7.03. The highest BCUT2D eigenvalue weighted by atomic mass is 32.1. The average molecular weight is 310 g/mol. The number of furan rings is 1. The van der Waals surface area contributed by atoms with Crippen molar-refractivity contribution >= 4 is 22.9 Å². The minimum absolute atomic E-state index is 0.140. The summed E-state index contributed by atoms with van der Waals surface area (Å²) >= 11 is 1.65. The van der Waals surface area contributed by atoms with E-state index in [4.69, 9.17) is 9.40 Å². The normalized spacial score (nSPS) is 13.7. The molecule has 1 aromatic carbocycles. The summed E-state index contributed by atoms with van der Waals surface area (Å²) in [5, 5.41) is 0.954. The number of anilines is 1. The molecule has 0 N–H and O–H groups in total. The Morgan fingerprint density at radius 3 is 2.91 bits per heavy atom. The van der Waals surface area contributed by atoms with Gasteiger partial charge in [-0.05, 0) is 30.7 Å². The molecule has 0 aliphatic carbocycles. The van der Waals surface area contributed by atoms with E-state index in [1.165, 1.54) is 0 Å². The Bertz CT molecular complexity index is 865. The first-order chi connectivity index (χ1) is 10.6. The highest BCUT2D eigenvalue weighted by Crippen LogP contribution is 2.36. The van der Waals surface area contributed by atoms with Crippen LogP contribution in [0.4, 0.5) is 5.69 Å². The topological polar surface area (TPSA) is 46.3 Å². The van der Waals surface area contributed by atoms with Crippen molar-refractivity contribution in [2.24, 2.45) is 0 Å². The number of aromatic nitrogens is 1. The third-order valence-corrected chi connectivity index (χ3v) is 5.01. The number of likely N-dealkylation sites (N-methyl/N-ethyl adjacent to an activating group) is 1. The lowest BCUT2D eigenvalue weighted by atomic mass is 10.1. The summed E-state index contributed by atoms with van der Waals surface area (Å²) in [4.78, 5) is 19.4. The van der Waals surface area contributed by atoms with E-state index < -0.39 is 0 Å². The molecule has 2 aromatic heterocycles. The van der Waals surface area contributed by atoms with Crippen molar-refractivity contribution in [2.75, 3.05) is 11.9 Å². The standard InChI is InChI=1S/C17H14N2O2S/c1-10-16(18-17(22-10)12-5-6-21-9-12)11-3-4-14-13(7-11)8-15(20)19(14)2/h3-7,9H,8H2,1-2H3. The molecule has 3 aromatic rings. The van der Waals surface area contributed by atoms with Gasteiger partial charge in [-0.3, -0.25) is 4.79 Å². The van der Waals surface area contributed by atoms with E-state index in [1.807, 2.05) is 25.2 Å². The molecular formula is C17H14N2O2S. The van der Waals surface area contributed by atoms with Gasteiger partial charge in [-0.15, -0.1) is 11.3 Å². The summed E-state index contributed by atoms with van der Waals surface area (Å²) < 4.78 is 5.13. The van der Waals surface area contributed by atoms with Crippen LogP contribution in [0.3, 0.4) is 0 Å². The molecule has 0 radical (unpaired) electrons. The minimum Gasteiger partial charge on any atom is -0.472 e. The largest absolute Gasteiger partial charge is 0.472 e. The number of carbonyl (C=O) groups is 1. The SMILES string of the molecule is Cc1sc(-c2ccoc2)nc1-c1ccc2c(c1)CC(=O)N2C. The van der Waals surface area contributed by atoms with Crippen LogP contribution in [0.25, 0.3) is 21.8 Å². The Morgan fingerprint density at radius 1 is 1.27 bits per heavy atom. The Labute approximate surface area is 132 Å². The molecule has 0 unspecified atom stereocenters. The van der Waals surface area contributed by atoms with Crippen LogP contribution in [0.5, 0.6) is 0 Å². The van der Waals surface area contributed by atoms with Crippen LogP contribution in [0.2, 0.25) is 0 Å². The van der Waals surface area contributed by atoms with Crippen molar-refractivity contribution < 1.29 is 9.21 Å². The molecule has 110 valence electrons. The van der Waals surface area contributed by atoms with E-state index in [1.54, 1.807) is 28.8 Å². The molecule has 5 heteroatoms. The van der Waals surface area contributed by atoms with Crippen molar-refractivity contribution in [1.29, 1.82) is 0 Å². The lowest BCUT2D eigenvalue weighted by Gasteiger charge is -2.10. The predicted molar refractivity (Wildman–Crippen MR) is 87.1 cm³/mol. The maximum atomic E-state index is 11.8. The monoisotopic (exact) mass is 310 g/mol. The molecule has 1 amide bonds. The number of hydrogen-bond donors (Lipinski definition) is 0. The zero-order valence-electron chi connectivity index (χ0n) is 12.3. The molecule has 4 nitrogen and oxygen atoms in total. The maximum Gasteiger partial charge on any atom is 0.231 e. The second kappa shape index (κ2) is 4.81. The van der Waals surface area contributed by atoms with Crippen molar-refractivity contribution in [3.63, 3.8) is 0 Å². The summed E-state index contributed by atoms with van der Waals surface area (Å²) in [7, 11) is 1.82. The Balaban J connectivity index is 1.78. The fourth-order valence-corrected chi connectivity index (χ4v) is 3.71. The number of nitrogens with zero attached hydrogens (tertiary/aromatic N) is 2. The molecule has 0 fully saturated rings. The highest BCUT2D eigenvalue weighted by Gasteiger charge is 2.24. The second-order valence-corrected chi connectivity index (χ2v) is 6.61. The molecule has 0 atom stereocenters.